The summed E-state index contributed by atoms with van der Waals surface area (Å²) in [5, 5.41) is 0. The monoisotopic (exact) mass is 376 g/mol. The second kappa shape index (κ2) is 7.66. The van der Waals surface area contributed by atoms with Crippen LogP contribution in [0.2, 0.25) is 0 Å². The number of nitrogens with zero attached hydrogens (tertiary/aromatic N) is 2. The highest BCUT2D eigenvalue weighted by atomic mass is 16.7. The van der Waals surface area contributed by atoms with E-state index < -0.39 is 5.60 Å². The fraction of sp³-hybridized carbons (Fsp3) is 0.600. The van der Waals surface area contributed by atoms with Crippen LogP contribution in [-0.4, -0.2) is 60.9 Å². The van der Waals surface area contributed by atoms with Gasteiger partial charge in [-0.1, -0.05) is 0 Å². The van der Waals surface area contributed by atoms with Gasteiger partial charge in [0.1, 0.15) is 5.60 Å². The molecule has 2 heterocycles. The van der Waals surface area contributed by atoms with E-state index in [-0.39, 0.29) is 24.7 Å². The summed E-state index contributed by atoms with van der Waals surface area (Å²) in [5.74, 6) is 1.49. The van der Waals surface area contributed by atoms with Gasteiger partial charge in [-0.15, -0.1) is 0 Å². The molecule has 0 aromatic heterocycles. The lowest BCUT2D eigenvalue weighted by Gasteiger charge is -2.35. The molecule has 1 fully saturated rings. The molecule has 2 aliphatic heterocycles. The number of likely N-dealkylation sites (tertiary alicyclic amines) is 1. The number of carbonyl (C=O) groups excluding carboxylic acids is 2. The molecule has 0 unspecified atom stereocenters. The van der Waals surface area contributed by atoms with Gasteiger partial charge in [0.05, 0.1) is 0 Å². The molecule has 148 valence electrons. The Bertz CT molecular complexity index is 713. The number of rotatable bonds is 3. The molecular formula is C20H28N2O5. The number of hydrogen-bond donors (Lipinski definition) is 0. The van der Waals surface area contributed by atoms with Crippen LogP contribution in [-0.2, 0) is 4.74 Å². The van der Waals surface area contributed by atoms with Crippen LogP contribution in [0.15, 0.2) is 18.2 Å². The zero-order valence-electron chi connectivity index (χ0n) is 16.5. The summed E-state index contributed by atoms with van der Waals surface area (Å²) >= 11 is 0. The molecule has 3 rings (SSSR count). The molecule has 0 N–H and O–H groups in total. The molecule has 27 heavy (non-hydrogen) atoms. The van der Waals surface area contributed by atoms with Crippen molar-refractivity contribution in [3.8, 4) is 11.5 Å². The Labute approximate surface area is 160 Å². The van der Waals surface area contributed by atoms with Gasteiger partial charge in [0.25, 0.3) is 5.91 Å². The minimum absolute atomic E-state index is 0.0158. The second-order valence-corrected chi connectivity index (χ2v) is 8.19. The summed E-state index contributed by atoms with van der Waals surface area (Å²) in [6, 6.07) is 5.28. The van der Waals surface area contributed by atoms with Crippen LogP contribution in [0, 0.1) is 5.92 Å². The van der Waals surface area contributed by atoms with Gasteiger partial charge in [0.15, 0.2) is 11.5 Å². The Morgan fingerprint density at radius 1 is 1.26 bits per heavy atom. The van der Waals surface area contributed by atoms with Crippen LogP contribution in [0.25, 0.3) is 0 Å². The molecule has 2 aliphatic rings. The van der Waals surface area contributed by atoms with E-state index in [0.717, 1.165) is 19.4 Å². The number of benzene rings is 1. The van der Waals surface area contributed by atoms with Crippen LogP contribution in [0.1, 0.15) is 44.0 Å². The Balaban J connectivity index is 1.59. The smallest absolute Gasteiger partial charge is 0.410 e. The highest BCUT2D eigenvalue weighted by molar-refractivity contribution is 5.95. The average molecular weight is 376 g/mol. The van der Waals surface area contributed by atoms with E-state index in [0.29, 0.717) is 30.2 Å². The Morgan fingerprint density at radius 2 is 2.00 bits per heavy atom. The zero-order valence-corrected chi connectivity index (χ0v) is 16.5. The van der Waals surface area contributed by atoms with Crippen molar-refractivity contribution in [3.05, 3.63) is 23.8 Å². The Morgan fingerprint density at radius 3 is 2.74 bits per heavy atom. The van der Waals surface area contributed by atoms with Gasteiger partial charge in [0.2, 0.25) is 6.79 Å². The summed E-state index contributed by atoms with van der Waals surface area (Å²) in [4.78, 5) is 28.5. The lowest BCUT2D eigenvalue weighted by molar-refractivity contribution is 0.0244. The van der Waals surface area contributed by atoms with Crippen molar-refractivity contribution < 1.29 is 23.8 Å². The van der Waals surface area contributed by atoms with Crippen molar-refractivity contribution in [1.82, 2.24) is 9.80 Å². The predicted octanol–water partition coefficient (Wildman–Crippen LogP) is 3.13. The quantitative estimate of drug-likeness (QED) is 0.811. The summed E-state index contributed by atoms with van der Waals surface area (Å²) in [6.07, 6.45) is 1.57. The number of carbonyl (C=O) groups is 2. The maximum atomic E-state index is 12.9. The summed E-state index contributed by atoms with van der Waals surface area (Å²) in [7, 11) is 1.74. The number of piperidine rings is 1. The van der Waals surface area contributed by atoms with Crippen LogP contribution in [0.3, 0.4) is 0 Å². The van der Waals surface area contributed by atoms with E-state index in [4.69, 9.17) is 14.2 Å². The van der Waals surface area contributed by atoms with Gasteiger partial charge >= 0.3 is 6.09 Å². The summed E-state index contributed by atoms with van der Waals surface area (Å²) in [6.45, 7) is 7.66. The summed E-state index contributed by atoms with van der Waals surface area (Å²) < 4.78 is 16.1. The maximum absolute atomic E-state index is 12.9. The topological polar surface area (TPSA) is 68.3 Å². The maximum Gasteiger partial charge on any atom is 0.410 e. The molecule has 0 spiro atoms. The largest absolute Gasteiger partial charge is 0.454 e. The SMILES string of the molecule is CN(C[C@H]1CCCN(C(=O)c2ccc3c(c2)OCO3)C1)C(=O)OC(C)(C)C. The molecule has 0 radical (unpaired) electrons. The van der Waals surface area contributed by atoms with Crippen molar-refractivity contribution in [1.29, 1.82) is 0 Å². The van der Waals surface area contributed by atoms with Crippen LogP contribution >= 0.6 is 0 Å². The molecule has 2 amide bonds. The Hall–Kier alpha value is -2.44. The third-order valence-corrected chi connectivity index (χ3v) is 4.66. The normalized spacial score (nSPS) is 19.0. The van der Waals surface area contributed by atoms with Crippen molar-refractivity contribution in [3.63, 3.8) is 0 Å². The molecule has 1 atom stereocenters. The van der Waals surface area contributed by atoms with Crippen LogP contribution in [0.4, 0.5) is 4.79 Å². The molecule has 7 heteroatoms. The van der Waals surface area contributed by atoms with Crippen molar-refractivity contribution >= 4 is 12.0 Å². The first-order valence-corrected chi connectivity index (χ1v) is 9.36. The predicted molar refractivity (Wildman–Crippen MR) is 100 cm³/mol. The van der Waals surface area contributed by atoms with Crippen LogP contribution < -0.4 is 9.47 Å². The van der Waals surface area contributed by atoms with E-state index in [1.54, 1.807) is 30.1 Å². The Kier molecular flexibility index (Phi) is 5.48. The van der Waals surface area contributed by atoms with Gasteiger partial charge in [-0.25, -0.2) is 4.79 Å². The van der Waals surface area contributed by atoms with E-state index in [9.17, 15) is 9.59 Å². The number of hydrogen-bond acceptors (Lipinski definition) is 5. The lowest BCUT2D eigenvalue weighted by Crippen LogP contribution is -2.45. The van der Waals surface area contributed by atoms with Gasteiger partial charge in [-0.3, -0.25) is 4.79 Å². The zero-order chi connectivity index (χ0) is 19.6. The molecule has 0 aliphatic carbocycles. The molecule has 1 aromatic carbocycles. The van der Waals surface area contributed by atoms with Gasteiger partial charge in [-0.05, 0) is 57.7 Å². The van der Waals surface area contributed by atoms with Gasteiger partial charge in [-0.2, -0.15) is 0 Å². The molecule has 0 saturated carbocycles. The first kappa shape index (κ1) is 19.3. The van der Waals surface area contributed by atoms with E-state index in [2.05, 4.69) is 0 Å². The first-order chi connectivity index (χ1) is 12.7. The van der Waals surface area contributed by atoms with E-state index >= 15 is 0 Å². The molecule has 1 saturated heterocycles. The average Bonchev–Trinajstić information content (AvgIpc) is 3.07. The van der Waals surface area contributed by atoms with E-state index in [1.807, 2.05) is 25.7 Å². The summed E-state index contributed by atoms with van der Waals surface area (Å²) in [5.41, 5.74) is 0.0830. The molecule has 1 aromatic rings. The third kappa shape index (κ3) is 4.84. The highest BCUT2D eigenvalue weighted by Crippen LogP contribution is 2.33. The fourth-order valence-electron chi connectivity index (χ4n) is 3.41. The first-order valence-electron chi connectivity index (χ1n) is 9.36. The minimum atomic E-state index is -0.515. The van der Waals surface area contributed by atoms with E-state index in [1.165, 1.54) is 0 Å². The molecule has 7 nitrogen and oxygen atoms in total. The number of ether oxygens (including phenoxy) is 3. The van der Waals surface area contributed by atoms with Gasteiger partial charge < -0.3 is 24.0 Å². The number of fused-ring (bicyclic) bond motifs is 1. The van der Waals surface area contributed by atoms with Gasteiger partial charge in [0, 0.05) is 32.2 Å². The minimum Gasteiger partial charge on any atom is -0.454 e. The van der Waals surface area contributed by atoms with Crippen molar-refractivity contribution in [2.24, 2.45) is 5.92 Å². The third-order valence-electron chi connectivity index (χ3n) is 4.66. The molecular weight excluding hydrogens is 348 g/mol. The lowest BCUT2D eigenvalue weighted by atomic mass is 9.97. The van der Waals surface area contributed by atoms with Crippen LogP contribution in [0.5, 0.6) is 11.5 Å². The second-order valence-electron chi connectivity index (χ2n) is 8.19. The number of amides is 2. The van der Waals surface area contributed by atoms with Crippen molar-refractivity contribution in [2.75, 3.05) is 33.5 Å². The standard InChI is InChI=1S/C20H28N2O5/c1-20(2,3)27-19(24)21(4)11-14-6-5-9-22(12-14)18(23)15-7-8-16-17(10-15)26-13-25-16/h7-8,10,14H,5-6,9,11-13H2,1-4H3/t14-/m1/s1. The van der Waals surface area contributed by atoms with Crippen molar-refractivity contribution in [2.45, 2.75) is 39.2 Å². The molecule has 0 bridgehead atoms. The fourth-order valence-corrected chi connectivity index (χ4v) is 3.41. The highest BCUT2D eigenvalue weighted by Gasteiger charge is 2.28.